The van der Waals surface area contributed by atoms with E-state index in [2.05, 4.69) is 24.5 Å². The molecule has 1 heterocycles. The van der Waals surface area contributed by atoms with Crippen LogP contribution in [0.5, 0.6) is 0 Å². The first kappa shape index (κ1) is 12.9. The van der Waals surface area contributed by atoms with Crippen molar-refractivity contribution >= 4 is 5.91 Å². The minimum Gasteiger partial charge on any atom is -0.354 e. The molecule has 0 aromatic carbocycles. The Morgan fingerprint density at radius 2 is 2.12 bits per heavy atom. The Labute approximate surface area is 105 Å². The summed E-state index contributed by atoms with van der Waals surface area (Å²) in [5.41, 5.74) is 0.400. The van der Waals surface area contributed by atoms with Crippen LogP contribution in [0.4, 0.5) is 0 Å². The van der Waals surface area contributed by atoms with Gasteiger partial charge in [0.1, 0.15) is 0 Å². The Morgan fingerprint density at radius 1 is 1.41 bits per heavy atom. The van der Waals surface area contributed by atoms with E-state index in [1.54, 1.807) is 0 Å². The lowest BCUT2D eigenvalue weighted by molar-refractivity contribution is -0.124. The highest BCUT2D eigenvalue weighted by molar-refractivity contribution is 5.82. The van der Waals surface area contributed by atoms with Gasteiger partial charge in [-0.1, -0.05) is 26.7 Å². The van der Waals surface area contributed by atoms with Crippen molar-refractivity contribution in [2.45, 2.75) is 58.4 Å². The van der Waals surface area contributed by atoms with E-state index in [9.17, 15) is 4.79 Å². The molecule has 2 atom stereocenters. The molecule has 0 spiro atoms. The molecule has 0 radical (unpaired) electrons. The average Bonchev–Trinajstić information content (AvgIpc) is 2.95. The second kappa shape index (κ2) is 5.38. The standard InChI is InChI=1S/C14H26N2O/c1-3-14(7-4-5-8-14)10-16-13(17)12-11(2)6-9-15-12/h11-12,15H,3-10H2,1-2H3,(H,16,17). The quantitative estimate of drug-likeness (QED) is 0.787. The van der Waals surface area contributed by atoms with Crippen molar-refractivity contribution in [3.8, 4) is 0 Å². The monoisotopic (exact) mass is 238 g/mol. The third kappa shape index (κ3) is 2.82. The predicted octanol–water partition coefficient (Wildman–Crippen LogP) is 2.07. The third-order valence-electron chi connectivity index (χ3n) is 4.87. The van der Waals surface area contributed by atoms with Crippen LogP contribution in [0.3, 0.4) is 0 Å². The number of carbonyl (C=O) groups excluding carboxylic acids is 1. The van der Waals surface area contributed by atoms with E-state index >= 15 is 0 Å². The van der Waals surface area contributed by atoms with Crippen molar-refractivity contribution in [3.63, 3.8) is 0 Å². The Hall–Kier alpha value is -0.570. The molecule has 1 amide bonds. The summed E-state index contributed by atoms with van der Waals surface area (Å²) in [6, 6.07) is 0.0466. The Morgan fingerprint density at radius 3 is 2.65 bits per heavy atom. The first-order valence-corrected chi connectivity index (χ1v) is 7.18. The number of hydrogen-bond acceptors (Lipinski definition) is 2. The van der Waals surface area contributed by atoms with Gasteiger partial charge >= 0.3 is 0 Å². The molecule has 3 nitrogen and oxygen atoms in total. The molecule has 0 bridgehead atoms. The summed E-state index contributed by atoms with van der Waals surface area (Å²) >= 11 is 0. The predicted molar refractivity (Wildman–Crippen MR) is 69.8 cm³/mol. The van der Waals surface area contributed by atoms with Crippen LogP contribution >= 0.6 is 0 Å². The van der Waals surface area contributed by atoms with E-state index in [0.29, 0.717) is 11.3 Å². The smallest absolute Gasteiger partial charge is 0.237 e. The van der Waals surface area contributed by atoms with Crippen molar-refractivity contribution in [1.82, 2.24) is 10.6 Å². The minimum absolute atomic E-state index is 0.0466. The second-order valence-electron chi connectivity index (χ2n) is 5.98. The molecule has 1 saturated carbocycles. The van der Waals surface area contributed by atoms with Crippen LogP contribution < -0.4 is 10.6 Å². The first-order chi connectivity index (χ1) is 8.17. The molecule has 98 valence electrons. The highest BCUT2D eigenvalue weighted by Crippen LogP contribution is 2.40. The van der Waals surface area contributed by atoms with E-state index in [4.69, 9.17) is 0 Å². The van der Waals surface area contributed by atoms with Gasteiger partial charge in [0.2, 0.25) is 5.91 Å². The van der Waals surface area contributed by atoms with Gasteiger partial charge in [-0.3, -0.25) is 4.79 Å². The Kier molecular flexibility index (Phi) is 4.08. The molecule has 2 fully saturated rings. The lowest BCUT2D eigenvalue weighted by Crippen LogP contribution is -2.46. The summed E-state index contributed by atoms with van der Waals surface area (Å²) < 4.78 is 0. The molecule has 2 N–H and O–H groups in total. The maximum Gasteiger partial charge on any atom is 0.237 e. The highest BCUT2D eigenvalue weighted by Gasteiger charge is 2.34. The zero-order valence-corrected chi connectivity index (χ0v) is 11.2. The second-order valence-corrected chi connectivity index (χ2v) is 5.98. The van der Waals surface area contributed by atoms with Crippen LogP contribution in [0.1, 0.15) is 52.4 Å². The summed E-state index contributed by atoms with van der Waals surface area (Å²) in [7, 11) is 0. The van der Waals surface area contributed by atoms with Crippen molar-refractivity contribution < 1.29 is 4.79 Å². The molecule has 0 aromatic heterocycles. The number of carbonyl (C=O) groups is 1. The molecule has 2 aliphatic rings. The highest BCUT2D eigenvalue weighted by atomic mass is 16.2. The fourth-order valence-electron chi connectivity index (χ4n) is 3.35. The van der Waals surface area contributed by atoms with Crippen LogP contribution in [0.25, 0.3) is 0 Å². The zero-order chi connectivity index (χ0) is 12.3. The molecule has 3 heteroatoms. The van der Waals surface area contributed by atoms with Gasteiger partial charge in [0, 0.05) is 6.54 Å². The average molecular weight is 238 g/mol. The molecular formula is C14H26N2O. The van der Waals surface area contributed by atoms with Gasteiger partial charge in [0.25, 0.3) is 0 Å². The van der Waals surface area contributed by atoms with Crippen molar-refractivity contribution in [2.24, 2.45) is 11.3 Å². The van der Waals surface area contributed by atoms with Gasteiger partial charge in [-0.05, 0) is 43.6 Å². The number of hydrogen-bond donors (Lipinski definition) is 2. The SMILES string of the molecule is CCC1(CNC(=O)C2NCCC2C)CCCC1. The molecule has 17 heavy (non-hydrogen) atoms. The first-order valence-electron chi connectivity index (χ1n) is 7.18. The zero-order valence-electron chi connectivity index (χ0n) is 11.2. The molecule has 1 saturated heterocycles. The summed E-state index contributed by atoms with van der Waals surface area (Å²) in [5, 5.41) is 6.49. The van der Waals surface area contributed by atoms with Crippen molar-refractivity contribution in [2.75, 3.05) is 13.1 Å². The molecule has 2 unspecified atom stereocenters. The molecule has 0 aromatic rings. The van der Waals surface area contributed by atoms with Crippen LogP contribution in [-0.4, -0.2) is 25.0 Å². The van der Waals surface area contributed by atoms with Crippen LogP contribution in [0, 0.1) is 11.3 Å². The number of amides is 1. The minimum atomic E-state index is 0.0466. The van der Waals surface area contributed by atoms with E-state index in [-0.39, 0.29) is 11.9 Å². The van der Waals surface area contributed by atoms with Gasteiger partial charge in [0.05, 0.1) is 6.04 Å². The van der Waals surface area contributed by atoms with Gasteiger partial charge in [0.15, 0.2) is 0 Å². The normalized spacial score (nSPS) is 31.6. The van der Waals surface area contributed by atoms with E-state index < -0.39 is 0 Å². The summed E-state index contributed by atoms with van der Waals surface area (Å²) in [4.78, 5) is 12.1. The van der Waals surface area contributed by atoms with E-state index in [1.165, 1.54) is 32.1 Å². The van der Waals surface area contributed by atoms with Gasteiger partial charge < -0.3 is 10.6 Å². The Bertz CT molecular complexity index is 271. The fourth-order valence-corrected chi connectivity index (χ4v) is 3.35. The third-order valence-corrected chi connectivity index (χ3v) is 4.87. The topological polar surface area (TPSA) is 41.1 Å². The van der Waals surface area contributed by atoms with Crippen molar-refractivity contribution in [1.29, 1.82) is 0 Å². The van der Waals surface area contributed by atoms with Gasteiger partial charge in [-0.2, -0.15) is 0 Å². The van der Waals surface area contributed by atoms with Gasteiger partial charge in [-0.25, -0.2) is 0 Å². The van der Waals surface area contributed by atoms with E-state index in [1.807, 2.05) is 0 Å². The van der Waals surface area contributed by atoms with Crippen molar-refractivity contribution in [3.05, 3.63) is 0 Å². The van der Waals surface area contributed by atoms with Crippen LogP contribution in [0.2, 0.25) is 0 Å². The Balaban J connectivity index is 1.82. The maximum absolute atomic E-state index is 12.1. The van der Waals surface area contributed by atoms with E-state index in [0.717, 1.165) is 19.5 Å². The lowest BCUT2D eigenvalue weighted by atomic mass is 9.83. The number of rotatable bonds is 4. The molecule has 2 rings (SSSR count). The number of nitrogens with one attached hydrogen (secondary N) is 2. The summed E-state index contributed by atoms with van der Waals surface area (Å²) in [6.45, 7) is 6.29. The fraction of sp³-hybridized carbons (Fsp3) is 0.929. The summed E-state index contributed by atoms with van der Waals surface area (Å²) in [6.07, 6.45) is 7.57. The molecule has 1 aliphatic carbocycles. The molecule has 1 aliphatic heterocycles. The largest absolute Gasteiger partial charge is 0.354 e. The lowest BCUT2D eigenvalue weighted by Gasteiger charge is -2.28. The summed E-state index contributed by atoms with van der Waals surface area (Å²) in [5.74, 6) is 0.700. The van der Waals surface area contributed by atoms with Crippen LogP contribution in [0.15, 0.2) is 0 Å². The maximum atomic E-state index is 12.1. The van der Waals surface area contributed by atoms with Crippen LogP contribution in [-0.2, 0) is 4.79 Å². The molecular weight excluding hydrogens is 212 g/mol. The van der Waals surface area contributed by atoms with Gasteiger partial charge in [-0.15, -0.1) is 0 Å².